The standard InChI is InChI=1S/C30H32N8O.4ClH/c31-27(33-19-5-1-2-6-19)17-9-11-21-23(15-17)37-29(35-21)25-13-14-26(39-25)30-36-22-12-10-18(16-24(22)38-30)28(32)34-20-7-3-4-8-20;;;;/h9-16,19-20H,1-8H2,(H2,31,33)(H2,32,34)(H,35,37)(H,36,38);4*1H. The Kier molecular flexibility index (Phi) is 11.5. The number of furan rings is 1. The molecule has 3 aromatic heterocycles. The summed E-state index contributed by atoms with van der Waals surface area (Å²) in [6, 6.07) is 17.2. The fraction of sp³-hybridized carbons (Fsp3) is 0.333. The number of rotatable bonds is 6. The van der Waals surface area contributed by atoms with Gasteiger partial charge in [-0.25, -0.2) is 19.9 Å². The molecule has 43 heavy (non-hydrogen) atoms. The highest BCUT2D eigenvalue weighted by molar-refractivity contribution is 5.96. The number of fused-ring (bicyclic) bond motifs is 2. The van der Waals surface area contributed by atoms with Gasteiger partial charge >= 0.3 is 11.6 Å². The number of H-pyrrole nitrogens is 4. The van der Waals surface area contributed by atoms with Crippen LogP contribution in [0.15, 0.2) is 52.9 Å². The third-order valence-electron chi connectivity index (χ3n) is 8.23. The SMILES string of the molecule is NC(=[NH+]C1CCCC1)c1ccc2[nH+]c(-c3ccc(-c4[nH]c5cc(C(N)=[NH+]C6CCCC6)ccc5[nH+]4)o3)[nH]c2c1.[Cl-].[Cl-].[Cl-].[Cl-]. The van der Waals surface area contributed by atoms with Gasteiger partial charge in [0.1, 0.15) is 0 Å². The van der Waals surface area contributed by atoms with Crippen molar-refractivity contribution in [3.8, 4) is 23.2 Å². The molecule has 0 atom stereocenters. The number of nitrogen functional groups attached to an aromatic ring is 2. The number of hydrogen-bond acceptors (Lipinski definition) is 1. The molecule has 13 heteroatoms. The topological polar surface area (TPSA) is 153 Å². The van der Waals surface area contributed by atoms with Gasteiger partial charge in [0.25, 0.3) is 11.7 Å². The van der Waals surface area contributed by atoms with Crippen LogP contribution in [0.3, 0.4) is 0 Å². The number of halogens is 4. The third-order valence-corrected chi connectivity index (χ3v) is 8.23. The van der Waals surface area contributed by atoms with Crippen LogP contribution in [0, 0.1) is 0 Å². The molecule has 3 heterocycles. The van der Waals surface area contributed by atoms with Crippen molar-refractivity contribution in [2.24, 2.45) is 11.5 Å². The summed E-state index contributed by atoms with van der Waals surface area (Å²) in [7, 11) is 0. The van der Waals surface area contributed by atoms with Gasteiger partial charge in [-0.2, -0.15) is 0 Å². The van der Waals surface area contributed by atoms with Crippen molar-refractivity contribution in [1.29, 1.82) is 0 Å². The minimum atomic E-state index is 0. The maximum atomic E-state index is 6.39. The number of amidine groups is 2. The van der Waals surface area contributed by atoms with E-state index in [1.165, 1.54) is 51.4 Å². The summed E-state index contributed by atoms with van der Waals surface area (Å²) in [5, 5.41) is 0. The van der Waals surface area contributed by atoms with E-state index < -0.39 is 0 Å². The lowest BCUT2D eigenvalue weighted by Crippen LogP contribution is -3.00. The second-order valence-electron chi connectivity index (χ2n) is 11.0. The molecule has 2 aliphatic carbocycles. The lowest BCUT2D eigenvalue weighted by Gasteiger charge is -2.01. The van der Waals surface area contributed by atoms with Crippen LogP contribution in [0.2, 0.25) is 0 Å². The molecule has 0 saturated heterocycles. The molecular weight excluding hydrogens is 630 g/mol. The molecule has 0 bridgehead atoms. The molecule has 0 spiro atoms. The Hall–Kier alpha value is -3.24. The smallest absolute Gasteiger partial charge is 0.321 e. The maximum Gasteiger partial charge on any atom is 0.321 e. The fourth-order valence-electron chi connectivity index (χ4n) is 6.05. The number of aromatic nitrogens is 4. The molecule has 2 aliphatic rings. The molecule has 0 unspecified atom stereocenters. The molecule has 9 nitrogen and oxygen atoms in total. The van der Waals surface area contributed by atoms with Crippen LogP contribution < -0.4 is 81.0 Å². The Labute approximate surface area is 274 Å². The predicted octanol–water partition coefficient (Wildman–Crippen LogP) is -11.3. The molecule has 2 fully saturated rings. The number of nitrogens with two attached hydrogens (primary N) is 2. The van der Waals surface area contributed by atoms with E-state index in [4.69, 9.17) is 15.9 Å². The molecule has 0 radical (unpaired) electrons. The second kappa shape index (κ2) is 14.5. The van der Waals surface area contributed by atoms with Gasteiger partial charge in [0.15, 0.2) is 22.1 Å². The average Bonchev–Trinajstić information content (AvgIpc) is 3.77. The molecule has 0 amide bonds. The first-order valence-corrected chi connectivity index (χ1v) is 14.1. The van der Waals surface area contributed by atoms with Crippen LogP contribution in [0.4, 0.5) is 0 Å². The molecule has 10 N–H and O–H groups in total. The van der Waals surface area contributed by atoms with E-state index in [1.54, 1.807) is 0 Å². The average molecular weight is 666 g/mol. The monoisotopic (exact) mass is 664 g/mol. The molecular formula is C30H36Cl4N8O. The van der Waals surface area contributed by atoms with Crippen molar-refractivity contribution < 1.29 is 74.0 Å². The molecule has 230 valence electrons. The van der Waals surface area contributed by atoms with Crippen LogP contribution in [0.5, 0.6) is 0 Å². The molecule has 2 saturated carbocycles. The van der Waals surface area contributed by atoms with E-state index in [-0.39, 0.29) is 49.6 Å². The Morgan fingerprint density at radius 1 is 0.628 bits per heavy atom. The summed E-state index contributed by atoms with van der Waals surface area (Å²) in [5.41, 5.74) is 18.7. The normalized spacial score (nSPS) is 16.1. The van der Waals surface area contributed by atoms with Crippen molar-refractivity contribution >= 4 is 33.7 Å². The van der Waals surface area contributed by atoms with Crippen LogP contribution >= 0.6 is 0 Å². The molecule has 0 aliphatic heterocycles. The first-order chi connectivity index (χ1) is 19.1. The van der Waals surface area contributed by atoms with E-state index in [0.29, 0.717) is 12.1 Å². The number of benzene rings is 2. The Morgan fingerprint density at radius 2 is 1.02 bits per heavy atom. The fourth-order valence-corrected chi connectivity index (χ4v) is 6.05. The van der Waals surface area contributed by atoms with E-state index in [9.17, 15) is 0 Å². The van der Waals surface area contributed by atoms with Gasteiger partial charge in [-0.05, 0) is 87.8 Å². The third kappa shape index (κ3) is 7.12. The summed E-state index contributed by atoms with van der Waals surface area (Å²) in [6.45, 7) is 0. The molecule has 5 aromatic rings. The molecule has 7 rings (SSSR count). The Balaban J connectivity index is 0.00000127. The quantitative estimate of drug-likeness (QED) is 0.0789. The van der Waals surface area contributed by atoms with Gasteiger partial charge in [-0.15, -0.1) is 0 Å². The summed E-state index contributed by atoms with van der Waals surface area (Å²) in [6.07, 6.45) is 9.82. The zero-order valence-electron chi connectivity index (χ0n) is 23.5. The highest BCUT2D eigenvalue weighted by atomic mass is 35.5. The number of hydrogen-bond donors (Lipinski definition) is 6. The van der Waals surface area contributed by atoms with Crippen molar-refractivity contribution in [1.82, 2.24) is 9.97 Å². The predicted molar refractivity (Wildman–Crippen MR) is 149 cm³/mol. The maximum absolute atomic E-state index is 6.39. The summed E-state index contributed by atoms with van der Waals surface area (Å²) >= 11 is 0. The lowest BCUT2D eigenvalue weighted by molar-refractivity contribution is -0.501. The Bertz CT molecular complexity index is 1600. The van der Waals surface area contributed by atoms with E-state index in [2.05, 4.69) is 42.1 Å². The van der Waals surface area contributed by atoms with Crippen molar-refractivity contribution in [3.05, 3.63) is 59.7 Å². The van der Waals surface area contributed by atoms with Crippen molar-refractivity contribution in [2.45, 2.75) is 63.5 Å². The van der Waals surface area contributed by atoms with E-state index >= 15 is 0 Å². The Morgan fingerprint density at radius 3 is 1.42 bits per heavy atom. The highest BCUT2D eigenvalue weighted by Gasteiger charge is 2.23. The van der Waals surface area contributed by atoms with Gasteiger partial charge in [0.2, 0.25) is 11.5 Å². The summed E-state index contributed by atoms with van der Waals surface area (Å²) < 4.78 is 6.24. The van der Waals surface area contributed by atoms with E-state index in [0.717, 1.165) is 68.0 Å². The first-order valence-electron chi connectivity index (χ1n) is 14.1. The van der Waals surface area contributed by atoms with Crippen LogP contribution in [0.25, 0.3) is 45.2 Å². The second-order valence-corrected chi connectivity index (χ2v) is 11.0. The first kappa shape index (κ1) is 34.3. The van der Waals surface area contributed by atoms with Crippen LogP contribution in [-0.4, -0.2) is 33.7 Å². The summed E-state index contributed by atoms with van der Waals surface area (Å²) in [5.74, 6) is 4.49. The minimum Gasteiger partial charge on any atom is -1.00 e. The van der Waals surface area contributed by atoms with Crippen LogP contribution in [-0.2, 0) is 0 Å². The van der Waals surface area contributed by atoms with Gasteiger partial charge in [-0.1, -0.05) is 0 Å². The highest BCUT2D eigenvalue weighted by Crippen LogP contribution is 2.26. The zero-order chi connectivity index (χ0) is 26.3. The lowest BCUT2D eigenvalue weighted by atomic mass is 10.1. The summed E-state index contributed by atoms with van der Waals surface area (Å²) in [4.78, 5) is 20.7. The van der Waals surface area contributed by atoms with Gasteiger partial charge in [0, 0.05) is 12.1 Å². The van der Waals surface area contributed by atoms with Gasteiger partial charge < -0.3 is 54.0 Å². The van der Waals surface area contributed by atoms with Gasteiger partial charge in [0.05, 0.1) is 23.2 Å². The largest absolute Gasteiger partial charge is 1.00 e. The minimum absolute atomic E-state index is 0. The number of aromatic amines is 4. The number of nitrogens with one attached hydrogen (secondary N) is 6. The molecule has 2 aromatic carbocycles. The van der Waals surface area contributed by atoms with Crippen molar-refractivity contribution in [3.63, 3.8) is 0 Å². The zero-order valence-corrected chi connectivity index (χ0v) is 26.5. The number of imidazole rings is 2. The van der Waals surface area contributed by atoms with E-state index in [1.807, 2.05) is 36.4 Å². The van der Waals surface area contributed by atoms with Crippen LogP contribution in [0.1, 0.15) is 62.5 Å². The van der Waals surface area contributed by atoms with Crippen molar-refractivity contribution in [2.75, 3.05) is 0 Å². The van der Waals surface area contributed by atoms with Gasteiger partial charge in [-0.3, -0.25) is 21.5 Å².